The second-order valence-corrected chi connectivity index (χ2v) is 6.92. The van der Waals surface area contributed by atoms with E-state index in [4.69, 9.17) is 4.98 Å². The molecule has 1 aliphatic heterocycles. The molecule has 0 fully saturated rings. The standard InChI is InChI=1S/C21H20N4O3/c26-21(12-15-7-9-18(10-8-15)25(27)28)22-17-5-3-4-16(13-17)19-14-24-11-2-1-6-20(24)23-19/h3-5,7-10,13-14H,1-2,6,11-12H2,(H,22,26). The molecule has 142 valence electrons. The second-order valence-electron chi connectivity index (χ2n) is 6.92. The number of imidazole rings is 1. The van der Waals surface area contributed by atoms with E-state index in [9.17, 15) is 14.9 Å². The van der Waals surface area contributed by atoms with Crippen molar-refractivity contribution in [2.45, 2.75) is 32.2 Å². The highest BCUT2D eigenvalue weighted by atomic mass is 16.6. The van der Waals surface area contributed by atoms with Gasteiger partial charge in [0.2, 0.25) is 5.91 Å². The topological polar surface area (TPSA) is 90.1 Å². The zero-order valence-corrected chi connectivity index (χ0v) is 15.3. The van der Waals surface area contributed by atoms with Crippen LogP contribution < -0.4 is 5.32 Å². The SMILES string of the molecule is O=C(Cc1ccc([N+](=O)[O-])cc1)Nc1cccc(-c2cn3c(n2)CCCC3)c1. The number of nitrogens with zero attached hydrogens (tertiary/aromatic N) is 3. The van der Waals surface area contributed by atoms with E-state index in [0.29, 0.717) is 5.69 Å². The molecule has 0 aliphatic carbocycles. The lowest BCUT2D eigenvalue weighted by atomic mass is 10.1. The molecule has 2 heterocycles. The Bertz CT molecular complexity index is 1000. The van der Waals surface area contributed by atoms with E-state index in [-0.39, 0.29) is 18.0 Å². The number of rotatable bonds is 5. The van der Waals surface area contributed by atoms with Crippen molar-refractivity contribution in [1.82, 2.24) is 9.55 Å². The fourth-order valence-electron chi connectivity index (χ4n) is 3.43. The first-order valence-corrected chi connectivity index (χ1v) is 9.28. The largest absolute Gasteiger partial charge is 0.334 e. The number of nitro benzene ring substituents is 1. The van der Waals surface area contributed by atoms with Gasteiger partial charge in [-0.25, -0.2) is 4.98 Å². The predicted molar refractivity (Wildman–Crippen MR) is 106 cm³/mol. The molecule has 1 aliphatic rings. The van der Waals surface area contributed by atoms with Crippen molar-refractivity contribution < 1.29 is 9.72 Å². The zero-order chi connectivity index (χ0) is 19.5. The van der Waals surface area contributed by atoms with Crippen LogP contribution in [0.2, 0.25) is 0 Å². The lowest BCUT2D eigenvalue weighted by Gasteiger charge is -2.11. The lowest BCUT2D eigenvalue weighted by Crippen LogP contribution is -2.14. The van der Waals surface area contributed by atoms with E-state index in [1.165, 1.54) is 25.0 Å². The first-order valence-electron chi connectivity index (χ1n) is 9.28. The molecular weight excluding hydrogens is 356 g/mol. The molecule has 1 amide bonds. The minimum atomic E-state index is -0.455. The van der Waals surface area contributed by atoms with Crippen LogP contribution in [0.25, 0.3) is 11.3 Å². The summed E-state index contributed by atoms with van der Waals surface area (Å²) in [5.41, 5.74) is 3.33. The van der Waals surface area contributed by atoms with Gasteiger partial charge in [-0.1, -0.05) is 24.3 Å². The van der Waals surface area contributed by atoms with Crippen LogP contribution in [0.4, 0.5) is 11.4 Å². The van der Waals surface area contributed by atoms with Gasteiger partial charge in [-0.2, -0.15) is 0 Å². The number of aryl methyl sites for hydroxylation is 2. The zero-order valence-electron chi connectivity index (χ0n) is 15.3. The van der Waals surface area contributed by atoms with Gasteiger partial charge in [-0.05, 0) is 30.5 Å². The van der Waals surface area contributed by atoms with Crippen molar-refractivity contribution >= 4 is 17.3 Å². The number of non-ortho nitro benzene ring substituents is 1. The maximum Gasteiger partial charge on any atom is 0.269 e. The number of nitrogens with one attached hydrogen (secondary N) is 1. The Balaban J connectivity index is 1.45. The van der Waals surface area contributed by atoms with E-state index in [2.05, 4.69) is 16.1 Å². The summed E-state index contributed by atoms with van der Waals surface area (Å²) in [4.78, 5) is 27.3. The number of nitro groups is 1. The van der Waals surface area contributed by atoms with Crippen molar-refractivity contribution in [2.75, 3.05) is 5.32 Å². The molecular formula is C21H20N4O3. The summed E-state index contributed by atoms with van der Waals surface area (Å²) in [6.45, 7) is 1.01. The molecule has 0 unspecified atom stereocenters. The van der Waals surface area contributed by atoms with Crippen LogP contribution in [0.15, 0.2) is 54.7 Å². The van der Waals surface area contributed by atoms with Crippen molar-refractivity contribution in [1.29, 1.82) is 0 Å². The molecule has 1 aromatic heterocycles. The number of amides is 1. The third-order valence-electron chi connectivity index (χ3n) is 4.86. The maximum atomic E-state index is 12.3. The Morgan fingerprint density at radius 3 is 2.75 bits per heavy atom. The van der Waals surface area contributed by atoms with Gasteiger partial charge in [0.1, 0.15) is 5.82 Å². The molecule has 3 aromatic rings. The number of hydrogen-bond donors (Lipinski definition) is 1. The van der Waals surface area contributed by atoms with Gasteiger partial charge in [0.05, 0.1) is 17.0 Å². The highest BCUT2D eigenvalue weighted by Crippen LogP contribution is 2.25. The normalized spacial score (nSPS) is 13.0. The number of anilines is 1. The smallest absolute Gasteiger partial charge is 0.269 e. The minimum absolute atomic E-state index is 0.0135. The summed E-state index contributed by atoms with van der Waals surface area (Å²) in [5.74, 6) is 0.948. The van der Waals surface area contributed by atoms with Crippen LogP contribution in [0.3, 0.4) is 0 Å². The third kappa shape index (κ3) is 3.93. The number of carbonyl (C=O) groups excluding carboxylic acids is 1. The van der Waals surface area contributed by atoms with Crippen LogP contribution in [0, 0.1) is 10.1 Å². The summed E-state index contributed by atoms with van der Waals surface area (Å²) in [6, 6.07) is 13.7. The van der Waals surface area contributed by atoms with Crippen LogP contribution >= 0.6 is 0 Å². The Kier molecular flexibility index (Phi) is 4.89. The van der Waals surface area contributed by atoms with Crippen LogP contribution in [-0.4, -0.2) is 20.4 Å². The Labute approximate surface area is 162 Å². The summed E-state index contributed by atoms with van der Waals surface area (Å²) in [6.07, 6.45) is 5.59. The third-order valence-corrected chi connectivity index (χ3v) is 4.86. The highest BCUT2D eigenvalue weighted by Gasteiger charge is 2.14. The van der Waals surface area contributed by atoms with E-state index in [0.717, 1.165) is 35.6 Å². The molecule has 0 saturated carbocycles. The van der Waals surface area contributed by atoms with Gasteiger partial charge in [-0.3, -0.25) is 14.9 Å². The average Bonchev–Trinajstić information content (AvgIpc) is 3.13. The van der Waals surface area contributed by atoms with Crippen LogP contribution in [0.5, 0.6) is 0 Å². The van der Waals surface area contributed by atoms with Gasteiger partial charge < -0.3 is 9.88 Å². The summed E-state index contributed by atoms with van der Waals surface area (Å²) in [7, 11) is 0. The van der Waals surface area contributed by atoms with Gasteiger partial charge in [0, 0.05) is 42.5 Å². The van der Waals surface area contributed by atoms with E-state index in [1.54, 1.807) is 12.1 Å². The van der Waals surface area contributed by atoms with Crippen molar-refractivity contribution in [3.8, 4) is 11.3 Å². The molecule has 0 atom stereocenters. The fraction of sp³-hybridized carbons (Fsp3) is 0.238. The number of carbonyl (C=O) groups is 1. The molecule has 0 bridgehead atoms. The highest BCUT2D eigenvalue weighted by molar-refractivity contribution is 5.92. The molecule has 28 heavy (non-hydrogen) atoms. The van der Waals surface area contributed by atoms with Crippen LogP contribution in [-0.2, 0) is 24.2 Å². The molecule has 0 spiro atoms. The number of benzene rings is 2. The second kappa shape index (κ2) is 7.64. The van der Waals surface area contributed by atoms with Gasteiger partial charge in [0.25, 0.3) is 5.69 Å². The lowest BCUT2D eigenvalue weighted by molar-refractivity contribution is -0.384. The Hall–Kier alpha value is -3.48. The molecule has 4 rings (SSSR count). The number of hydrogen-bond acceptors (Lipinski definition) is 4. The summed E-state index contributed by atoms with van der Waals surface area (Å²) < 4.78 is 2.21. The molecule has 2 aromatic carbocycles. The van der Waals surface area contributed by atoms with E-state index >= 15 is 0 Å². The Morgan fingerprint density at radius 1 is 1.18 bits per heavy atom. The molecule has 0 radical (unpaired) electrons. The average molecular weight is 376 g/mol. The molecule has 7 nitrogen and oxygen atoms in total. The number of fused-ring (bicyclic) bond motifs is 1. The molecule has 7 heteroatoms. The maximum absolute atomic E-state index is 12.3. The fourth-order valence-corrected chi connectivity index (χ4v) is 3.43. The Morgan fingerprint density at radius 2 is 2.00 bits per heavy atom. The van der Waals surface area contributed by atoms with Gasteiger partial charge in [-0.15, -0.1) is 0 Å². The first-order chi connectivity index (χ1) is 13.6. The van der Waals surface area contributed by atoms with Gasteiger partial charge >= 0.3 is 0 Å². The molecule has 0 saturated heterocycles. The summed E-state index contributed by atoms with van der Waals surface area (Å²) >= 11 is 0. The summed E-state index contributed by atoms with van der Waals surface area (Å²) in [5, 5.41) is 13.6. The molecule has 1 N–H and O–H groups in total. The van der Waals surface area contributed by atoms with Crippen LogP contribution in [0.1, 0.15) is 24.2 Å². The minimum Gasteiger partial charge on any atom is -0.334 e. The quantitative estimate of drug-likeness (QED) is 0.539. The number of aromatic nitrogens is 2. The van der Waals surface area contributed by atoms with Crippen molar-refractivity contribution in [2.24, 2.45) is 0 Å². The van der Waals surface area contributed by atoms with Crippen molar-refractivity contribution in [3.05, 3.63) is 76.2 Å². The van der Waals surface area contributed by atoms with Crippen molar-refractivity contribution in [3.63, 3.8) is 0 Å². The van der Waals surface area contributed by atoms with E-state index < -0.39 is 4.92 Å². The predicted octanol–water partition coefficient (Wildman–Crippen LogP) is 3.98. The monoisotopic (exact) mass is 376 g/mol. The van der Waals surface area contributed by atoms with Gasteiger partial charge in [0.15, 0.2) is 0 Å². The van der Waals surface area contributed by atoms with E-state index in [1.807, 2.05) is 24.3 Å². The first kappa shape index (κ1) is 17.9.